The maximum Gasteiger partial charge on any atom is 0.262 e. The van der Waals surface area contributed by atoms with E-state index in [9.17, 15) is 9.90 Å². The van der Waals surface area contributed by atoms with Crippen LogP contribution in [0.25, 0.3) is 6.08 Å². The number of nitrogens with one attached hydrogen (secondary N) is 2. The third-order valence-corrected chi connectivity index (χ3v) is 2.40. The molecule has 0 saturated carbocycles. The van der Waals surface area contributed by atoms with Gasteiger partial charge in [-0.05, 0) is 30.4 Å². The molecule has 0 aliphatic carbocycles. The lowest BCUT2D eigenvalue weighted by atomic mass is 10.3. The number of rotatable bonds is 3. The molecule has 0 aliphatic rings. The molecule has 19 heavy (non-hydrogen) atoms. The topological polar surface area (TPSA) is 93.6 Å². The Bertz CT molecular complexity index is 731. The third kappa shape index (κ3) is 3.46. The van der Waals surface area contributed by atoms with Crippen molar-refractivity contribution in [1.82, 2.24) is 9.97 Å². The lowest BCUT2D eigenvalue weighted by Gasteiger charge is -1.96. The zero-order chi connectivity index (χ0) is 13.7. The van der Waals surface area contributed by atoms with Crippen LogP contribution in [0.3, 0.4) is 0 Å². The molecule has 1 aromatic heterocycles. The summed E-state index contributed by atoms with van der Waals surface area (Å²) in [6.07, 6.45) is 2.65. The molecule has 0 unspecified atom stereocenters. The number of H-pyrrole nitrogens is 2. The molecule has 0 fully saturated rings. The summed E-state index contributed by atoms with van der Waals surface area (Å²) in [5, 5.41) is 17.2. The van der Waals surface area contributed by atoms with Crippen molar-refractivity contribution in [3.8, 4) is 5.88 Å². The number of hydrogen-bond acceptors (Lipinski definition) is 5. The van der Waals surface area contributed by atoms with Crippen molar-refractivity contribution < 1.29 is 5.11 Å². The Morgan fingerprint density at radius 1 is 1.21 bits per heavy atom. The van der Waals surface area contributed by atoms with Gasteiger partial charge in [-0.2, -0.15) is 10.2 Å². The highest BCUT2D eigenvalue weighted by Crippen LogP contribution is 2.12. The van der Waals surface area contributed by atoms with Crippen molar-refractivity contribution in [3.05, 3.63) is 57.2 Å². The monoisotopic (exact) mass is 274 g/mol. The summed E-state index contributed by atoms with van der Waals surface area (Å²) >= 11 is 4.71. The molecule has 0 atom stereocenters. The number of benzene rings is 1. The van der Waals surface area contributed by atoms with Crippen LogP contribution < -0.4 is 5.56 Å². The van der Waals surface area contributed by atoms with Gasteiger partial charge >= 0.3 is 0 Å². The Morgan fingerprint density at radius 2 is 1.95 bits per heavy atom. The van der Waals surface area contributed by atoms with E-state index in [0.717, 1.165) is 0 Å². The van der Waals surface area contributed by atoms with E-state index < -0.39 is 5.56 Å². The van der Waals surface area contributed by atoms with E-state index in [2.05, 4.69) is 20.2 Å². The second-order valence-corrected chi connectivity index (χ2v) is 3.95. The number of aromatic hydroxyl groups is 1. The summed E-state index contributed by atoms with van der Waals surface area (Å²) in [4.78, 5) is 16.3. The van der Waals surface area contributed by atoms with Gasteiger partial charge in [-0.25, -0.2) is 0 Å². The van der Waals surface area contributed by atoms with Crippen LogP contribution in [0.15, 0.2) is 51.6 Å². The molecule has 0 amide bonds. The summed E-state index contributed by atoms with van der Waals surface area (Å²) in [5.41, 5.74) is 0.241. The summed E-state index contributed by atoms with van der Waals surface area (Å²) in [6, 6.07) is 9.14. The van der Waals surface area contributed by atoms with Gasteiger partial charge in [0, 0.05) is 0 Å². The Kier molecular flexibility index (Phi) is 3.99. The molecule has 2 rings (SSSR count). The van der Waals surface area contributed by atoms with Crippen molar-refractivity contribution in [2.24, 2.45) is 10.2 Å². The minimum Gasteiger partial charge on any atom is -0.494 e. The third-order valence-electron chi connectivity index (χ3n) is 2.20. The van der Waals surface area contributed by atoms with E-state index >= 15 is 0 Å². The zero-order valence-electron chi connectivity index (χ0n) is 9.70. The SMILES string of the molecule is O=c1[nH]c(=S)[nH]c(O)c1/C=C\N=Nc1ccccc1. The van der Waals surface area contributed by atoms with Gasteiger partial charge in [0.2, 0.25) is 5.88 Å². The van der Waals surface area contributed by atoms with Crippen LogP contribution in [-0.2, 0) is 0 Å². The Labute approximate surface area is 113 Å². The van der Waals surface area contributed by atoms with E-state index in [-0.39, 0.29) is 16.2 Å². The maximum atomic E-state index is 11.5. The van der Waals surface area contributed by atoms with Gasteiger partial charge in [-0.15, -0.1) is 0 Å². The standard InChI is InChI=1S/C12H10N4O2S/c17-10-9(11(18)15-12(19)14-10)6-7-13-16-8-4-2-1-3-5-8/h1-7H,(H3,14,15,17,18,19)/b7-6-,16-13?. The van der Waals surface area contributed by atoms with Crippen molar-refractivity contribution in [2.45, 2.75) is 0 Å². The molecular weight excluding hydrogens is 264 g/mol. The van der Waals surface area contributed by atoms with Crippen LogP contribution in [0.1, 0.15) is 5.56 Å². The van der Waals surface area contributed by atoms with E-state index in [4.69, 9.17) is 12.2 Å². The molecule has 1 heterocycles. The minimum absolute atomic E-state index is 0.0422. The fourth-order valence-electron chi connectivity index (χ4n) is 1.34. The summed E-state index contributed by atoms with van der Waals surface area (Å²) in [7, 11) is 0. The molecule has 0 aliphatic heterocycles. The van der Waals surface area contributed by atoms with Crippen LogP contribution in [0, 0.1) is 4.77 Å². The maximum absolute atomic E-state index is 11.5. The number of aromatic nitrogens is 2. The van der Waals surface area contributed by atoms with E-state index in [0.29, 0.717) is 5.69 Å². The Hall–Kier alpha value is -2.54. The quantitative estimate of drug-likeness (QED) is 0.593. The molecule has 6 nitrogen and oxygen atoms in total. The molecule has 0 radical (unpaired) electrons. The zero-order valence-corrected chi connectivity index (χ0v) is 10.5. The minimum atomic E-state index is -0.493. The highest BCUT2D eigenvalue weighted by molar-refractivity contribution is 7.71. The van der Waals surface area contributed by atoms with Gasteiger partial charge < -0.3 is 10.1 Å². The first-order valence-electron chi connectivity index (χ1n) is 5.35. The van der Waals surface area contributed by atoms with Crippen molar-refractivity contribution in [3.63, 3.8) is 0 Å². The summed E-state index contributed by atoms with van der Waals surface area (Å²) in [6.45, 7) is 0. The van der Waals surface area contributed by atoms with Crippen LogP contribution in [0.2, 0.25) is 0 Å². The van der Waals surface area contributed by atoms with Gasteiger partial charge in [-0.1, -0.05) is 18.2 Å². The molecule has 3 N–H and O–H groups in total. The Morgan fingerprint density at radius 3 is 2.63 bits per heavy atom. The molecule has 96 valence electrons. The fourth-order valence-corrected chi connectivity index (χ4v) is 1.53. The predicted octanol–water partition coefficient (Wildman–Crippen LogP) is 2.89. The highest BCUT2D eigenvalue weighted by atomic mass is 32.1. The first kappa shape index (κ1) is 12.9. The molecule has 0 bridgehead atoms. The average Bonchev–Trinajstić information content (AvgIpc) is 2.38. The number of azo groups is 1. The van der Waals surface area contributed by atoms with Crippen LogP contribution >= 0.6 is 12.2 Å². The predicted molar refractivity (Wildman–Crippen MR) is 73.9 cm³/mol. The van der Waals surface area contributed by atoms with E-state index in [1.165, 1.54) is 12.3 Å². The van der Waals surface area contributed by atoms with Crippen molar-refractivity contribution in [1.29, 1.82) is 0 Å². The average molecular weight is 274 g/mol. The molecule has 0 spiro atoms. The van der Waals surface area contributed by atoms with Gasteiger partial charge in [-0.3, -0.25) is 9.78 Å². The lowest BCUT2D eigenvalue weighted by molar-refractivity contribution is 0.448. The largest absolute Gasteiger partial charge is 0.494 e. The first-order valence-corrected chi connectivity index (χ1v) is 5.75. The summed E-state index contributed by atoms with van der Waals surface area (Å²) in [5.74, 6) is -0.306. The van der Waals surface area contributed by atoms with Gasteiger partial charge in [0.25, 0.3) is 5.56 Å². The fraction of sp³-hybridized carbons (Fsp3) is 0. The number of aromatic amines is 2. The van der Waals surface area contributed by atoms with Gasteiger partial charge in [0.1, 0.15) is 5.56 Å². The van der Waals surface area contributed by atoms with Crippen molar-refractivity contribution >= 4 is 24.0 Å². The molecule has 0 saturated heterocycles. The molecule has 7 heteroatoms. The van der Waals surface area contributed by atoms with Crippen LogP contribution in [0.5, 0.6) is 5.88 Å². The van der Waals surface area contributed by atoms with Crippen LogP contribution in [0.4, 0.5) is 5.69 Å². The second-order valence-electron chi connectivity index (χ2n) is 3.54. The summed E-state index contributed by atoms with van der Waals surface area (Å²) < 4.78 is 0.0607. The van der Waals surface area contributed by atoms with Gasteiger partial charge in [0.05, 0.1) is 11.9 Å². The van der Waals surface area contributed by atoms with Gasteiger partial charge in [0.15, 0.2) is 4.77 Å². The smallest absolute Gasteiger partial charge is 0.262 e. The van der Waals surface area contributed by atoms with E-state index in [1.807, 2.05) is 18.2 Å². The highest BCUT2D eigenvalue weighted by Gasteiger charge is 2.02. The molecular formula is C12H10N4O2S. The second kappa shape index (κ2) is 5.87. The first-order chi connectivity index (χ1) is 9.16. The normalized spacial score (nSPS) is 11.4. The van der Waals surface area contributed by atoms with Crippen molar-refractivity contribution in [2.75, 3.05) is 0 Å². The van der Waals surface area contributed by atoms with Crippen LogP contribution in [-0.4, -0.2) is 15.1 Å². The van der Waals surface area contributed by atoms with E-state index in [1.54, 1.807) is 12.1 Å². The number of hydrogen-bond donors (Lipinski definition) is 3. The Balaban J connectivity index is 2.19. The molecule has 1 aromatic carbocycles. The lowest BCUT2D eigenvalue weighted by Crippen LogP contribution is -2.10. The molecule has 2 aromatic rings. The number of nitrogens with zero attached hydrogens (tertiary/aromatic N) is 2.